The van der Waals surface area contributed by atoms with Crippen LogP contribution in [-0.2, 0) is 11.3 Å². The van der Waals surface area contributed by atoms with Gasteiger partial charge in [0, 0.05) is 26.2 Å². The second-order valence-corrected chi connectivity index (χ2v) is 6.77. The summed E-state index contributed by atoms with van der Waals surface area (Å²) in [6.45, 7) is 3.39. The third kappa shape index (κ3) is 4.24. The molecule has 2 fully saturated rings. The first-order chi connectivity index (χ1) is 11.6. The van der Waals surface area contributed by atoms with Crippen LogP contribution in [0.15, 0.2) is 18.2 Å². The molecule has 0 bridgehead atoms. The molecular formula is C18H26FN3O2. The number of halogens is 1. The van der Waals surface area contributed by atoms with Crippen molar-refractivity contribution < 1.29 is 14.3 Å². The standard InChI is InChI=1S/C18H26FN3O2/c19-16-10-13(11-21-18(24)14-2-1-7-20-12-14)3-4-17(16)22-8-5-15(23)6-9-22/h3-4,10,14-15,20,23H,1-2,5-9,11-12H2,(H,21,24)/t14-/m1/s1. The molecule has 6 heteroatoms. The molecule has 0 aliphatic carbocycles. The van der Waals surface area contributed by atoms with E-state index in [4.69, 9.17) is 0 Å². The maximum atomic E-state index is 14.4. The Kier molecular flexibility index (Phi) is 5.68. The summed E-state index contributed by atoms with van der Waals surface area (Å²) in [7, 11) is 0. The molecule has 2 aliphatic heterocycles. The minimum atomic E-state index is -0.270. The number of hydrogen-bond acceptors (Lipinski definition) is 4. The Morgan fingerprint density at radius 1 is 1.33 bits per heavy atom. The van der Waals surface area contributed by atoms with E-state index in [2.05, 4.69) is 10.6 Å². The lowest BCUT2D eigenvalue weighted by Gasteiger charge is -2.31. The number of nitrogens with zero attached hydrogens (tertiary/aromatic N) is 1. The summed E-state index contributed by atoms with van der Waals surface area (Å²) in [4.78, 5) is 14.1. The van der Waals surface area contributed by atoms with Crippen molar-refractivity contribution in [3.8, 4) is 0 Å². The van der Waals surface area contributed by atoms with Gasteiger partial charge in [0.15, 0.2) is 0 Å². The lowest BCUT2D eigenvalue weighted by molar-refractivity contribution is -0.125. The van der Waals surface area contributed by atoms with E-state index in [1.807, 2.05) is 11.0 Å². The molecule has 0 saturated carbocycles. The van der Waals surface area contributed by atoms with Crippen LogP contribution in [0.25, 0.3) is 0 Å². The number of aliphatic hydroxyl groups is 1. The number of piperidine rings is 2. The highest BCUT2D eigenvalue weighted by Crippen LogP contribution is 2.24. The van der Waals surface area contributed by atoms with Gasteiger partial charge in [-0.2, -0.15) is 0 Å². The fourth-order valence-corrected chi connectivity index (χ4v) is 3.43. The van der Waals surface area contributed by atoms with Gasteiger partial charge in [0.1, 0.15) is 5.82 Å². The van der Waals surface area contributed by atoms with Gasteiger partial charge in [0.05, 0.1) is 17.7 Å². The van der Waals surface area contributed by atoms with Gasteiger partial charge in [-0.25, -0.2) is 4.39 Å². The molecule has 3 N–H and O–H groups in total. The highest BCUT2D eigenvalue weighted by atomic mass is 19.1. The minimum absolute atomic E-state index is 0.0163. The number of hydrogen-bond donors (Lipinski definition) is 3. The van der Waals surface area contributed by atoms with Gasteiger partial charge in [0.25, 0.3) is 0 Å². The van der Waals surface area contributed by atoms with Crippen molar-refractivity contribution >= 4 is 11.6 Å². The Morgan fingerprint density at radius 2 is 2.12 bits per heavy atom. The lowest BCUT2D eigenvalue weighted by atomic mass is 9.99. The van der Waals surface area contributed by atoms with E-state index in [1.54, 1.807) is 6.07 Å². The number of amides is 1. The van der Waals surface area contributed by atoms with Crippen molar-refractivity contribution in [1.29, 1.82) is 0 Å². The molecule has 0 unspecified atom stereocenters. The fraction of sp³-hybridized carbons (Fsp3) is 0.611. The van der Waals surface area contributed by atoms with Crippen LogP contribution in [0.3, 0.4) is 0 Å². The molecule has 0 spiro atoms. The number of anilines is 1. The molecule has 2 aliphatic rings. The number of carbonyl (C=O) groups excluding carboxylic acids is 1. The monoisotopic (exact) mass is 335 g/mol. The van der Waals surface area contributed by atoms with E-state index in [0.29, 0.717) is 38.2 Å². The molecule has 1 amide bonds. The minimum Gasteiger partial charge on any atom is -0.393 e. The maximum Gasteiger partial charge on any atom is 0.224 e. The predicted octanol–water partition coefficient (Wildman–Crippen LogP) is 1.40. The van der Waals surface area contributed by atoms with Gasteiger partial charge in [-0.15, -0.1) is 0 Å². The number of carbonyl (C=O) groups is 1. The highest BCUT2D eigenvalue weighted by molar-refractivity contribution is 5.79. The smallest absolute Gasteiger partial charge is 0.224 e. The highest BCUT2D eigenvalue weighted by Gasteiger charge is 2.21. The topological polar surface area (TPSA) is 64.6 Å². The number of benzene rings is 1. The largest absolute Gasteiger partial charge is 0.393 e. The second kappa shape index (κ2) is 7.94. The second-order valence-electron chi connectivity index (χ2n) is 6.77. The molecule has 0 radical (unpaired) electrons. The normalized spacial score (nSPS) is 22.4. The average molecular weight is 335 g/mol. The molecular weight excluding hydrogens is 309 g/mol. The van der Waals surface area contributed by atoms with Gasteiger partial charge < -0.3 is 20.6 Å². The van der Waals surface area contributed by atoms with Crippen LogP contribution in [0.1, 0.15) is 31.2 Å². The van der Waals surface area contributed by atoms with Crippen LogP contribution in [0.4, 0.5) is 10.1 Å². The van der Waals surface area contributed by atoms with E-state index in [9.17, 15) is 14.3 Å². The quantitative estimate of drug-likeness (QED) is 0.778. The van der Waals surface area contributed by atoms with Crippen LogP contribution in [0, 0.1) is 11.7 Å². The van der Waals surface area contributed by atoms with E-state index in [-0.39, 0.29) is 23.7 Å². The molecule has 132 valence electrons. The first-order valence-electron chi connectivity index (χ1n) is 8.83. The SMILES string of the molecule is O=C(NCc1ccc(N2CCC(O)CC2)c(F)c1)[C@@H]1CCCNC1. The summed E-state index contributed by atoms with van der Waals surface area (Å²) in [5.41, 5.74) is 1.35. The summed E-state index contributed by atoms with van der Waals surface area (Å²) in [6, 6.07) is 5.14. The van der Waals surface area contributed by atoms with Gasteiger partial charge in [-0.05, 0) is 49.9 Å². The Bertz CT molecular complexity index is 567. The van der Waals surface area contributed by atoms with Gasteiger partial charge in [0.2, 0.25) is 5.91 Å². The van der Waals surface area contributed by atoms with Crippen molar-refractivity contribution in [3.63, 3.8) is 0 Å². The Morgan fingerprint density at radius 3 is 2.79 bits per heavy atom. The Hall–Kier alpha value is -1.66. The molecule has 1 aromatic carbocycles. The zero-order chi connectivity index (χ0) is 16.9. The summed E-state index contributed by atoms with van der Waals surface area (Å²) in [5.74, 6) is -0.211. The van der Waals surface area contributed by atoms with Crippen molar-refractivity contribution in [1.82, 2.24) is 10.6 Å². The van der Waals surface area contributed by atoms with Crippen LogP contribution in [0.2, 0.25) is 0 Å². The first-order valence-corrected chi connectivity index (χ1v) is 8.83. The van der Waals surface area contributed by atoms with Crippen molar-refractivity contribution in [2.24, 2.45) is 5.92 Å². The zero-order valence-electron chi connectivity index (χ0n) is 13.9. The van der Waals surface area contributed by atoms with Crippen LogP contribution in [0.5, 0.6) is 0 Å². The summed E-state index contributed by atoms with van der Waals surface area (Å²) < 4.78 is 14.4. The number of nitrogens with one attached hydrogen (secondary N) is 2. The molecule has 2 saturated heterocycles. The maximum absolute atomic E-state index is 14.4. The third-order valence-corrected chi connectivity index (χ3v) is 4.95. The third-order valence-electron chi connectivity index (χ3n) is 4.95. The Labute approximate surface area is 142 Å². The average Bonchev–Trinajstić information content (AvgIpc) is 2.61. The molecule has 24 heavy (non-hydrogen) atoms. The van der Waals surface area contributed by atoms with E-state index in [0.717, 1.165) is 31.5 Å². The van der Waals surface area contributed by atoms with E-state index in [1.165, 1.54) is 6.07 Å². The molecule has 3 rings (SSSR count). The fourth-order valence-electron chi connectivity index (χ4n) is 3.43. The van der Waals surface area contributed by atoms with Crippen molar-refractivity contribution in [3.05, 3.63) is 29.6 Å². The van der Waals surface area contributed by atoms with Crippen LogP contribution < -0.4 is 15.5 Å². The van der Waals surface area contributed by atoms with E-state index >= 15 is 0 Å². The zero-order valence-corrected chi connectivity index (χ0v) is 13.9. The van der Waals surface area contributed by atoms with Gasteiger partial charge >= 0.3 is 0 Å². The molecule has 0 aromatic heterocycles. The number of aliphatic hydroxyl groups excluding tert-OH is 1. The summed E-state index contributed by atoms with van der Waals surface area (Å²) in [6.07, 6.45) is 3.01. The summed E-state index contributed by atoms with van der Waals surface area (Å²) in [5, 5.41) is 15.7. The molecule has 1 aromatic rings. The van der Waals surface area contributed by atoms with Gasteiger partial charge in [-0.1, -0.05) is 6.07 Å². The van der Waals surface area contributed by atoms with Crippen LogP contribution >= 0.6 is 0 Å². The molecule has 2 heterocycles. The molecule has 5 nitrogen and oxygen atoms in total. The predicted molar refractivity (Wildman–Crippen MR) is 91.3 cm³/mol. The summed E-state index contributed by atoms with van der Waals surface area (Å²) >= 11 is 0. The van der Waals surface area contributed by atoms with E-state index < -0.39 is 0 Å². The number of rotatable bonds is 4. The van der Waals surface area contributed by atoms with Gasteiger partial charge in [-0.3, -0.25) is 4.79 Å². The first kappa shape index (κ1) is 17.2. The van der Waals surface area contributed by atoms with Crippen molar-refractivity contribution in [2.75, 3.05) is 31.1 Å². The Balaban J connectivity index is 1.55. The lowest BCUT2D eigenvalue weighted by Crippen LogP contribution is -2.40. The van der Waals surface area contributed by atoms with Crippen LogP contribution in [-0.4, -0.2) is 43.3 Å². The molecule has 1 atom stereocenters. The van der Waals surface area contributed by atoms with Crippen molar-refractivity contribution in [2.45, 2.75) is 38.3 Å².